The van der Waals surface area contributed by atoms with Crippen LogP contribution in [0.5, 0.6) is 5.75 Å². The first-order valence-electron chi connectivity index (χ1n) is 6.19. The molecule has 2 rings (SSSR count). The molecule has 0 saturated heterocycles. The van der Waals surface area contributed by atoms with Crippen LogP contribution in [0.2, 0.25) is 0 Å². The number of aryl methyl sites for hydroxylation is 1. The van der Waals surface area contributed by atoms with Crippen molar-refractivity contribution < 1.29 is 4.74 Å². The molecule has 0 amide bonds. The van der Waals surface area contributed by atoms with Crippen LogP contribution in [0.4, 0.5) is 0 Å². The quantitative estimate of drug-likeness (QED) is 0.907. The van der Waals surface area contributed by atoms with E-state index in [1.165, 1.54) is 17.5 Å². The van der Waals surface area contributed by atoms with Crippen molar-refractivity contribution in [2.45, 2.75) is 45.1 Å². The lowest BCUT2D eigenvalue weighted by atomic mass is 9.94. The zero-order valence-corrected chi connectivity index (χ0v) is 12.1. The van der Waals surface area contributed by atoms with E-state index in [0.29, 0.717) is 0 Å². The van der Waals surface area contributed by atoms with Crippen molar-refractivity contribution in [2.75, 3.05) is 6.61 Å². The van der Waals surface area contributed by atoms with Gasteiger partial charge in [-0.05, 0) is 72.7 Å². The van der Waals surface area contributed by atoms with Crippen molar-refractivity contribution in [1.29, 1.82) is 0 Å². The van der Waals surface area contributed by atoms with Crippen molar-refractivity contribution in [3.63, 3.8) is 0 Å². The second-order valence-electron chi connectivity index (χ2n) is 5.54. The van der Waals surface area contributed by atoms with E-state index in [2.05, 4.69) is 41.9 Å². The van der Waals surface area contributed by atoms with Crippen LogP contribution in [0, 0.1) is 0 Å². The third-order valence-electron chi connectivity index (χ3n) is 2.93. The molecule has 3 heteroatoms. The number of benzene rings is 1. The van der Waals surface area contributed by atoms with E-state index in [1.54, 1.807) is 0 Å². The van der Waals surface area contributed by atoms with Crippen LogP contribution >= 0.6 is 15.9 Å². The number of ether oxygens (including phenoxy) is 1. The van der Waals surface area contributed by atoms with Gasteiger partial charge in [-0.2, -0.15) is 0 Å². The van der Waals surface area contributed by atoms with Gasteiger partial charge in [-0.1, -0.05) is 6.07 Å². The molecule has 1 aromatic rings. The topological polar surface area (TPSA) is 35.2 Å². The van der Waals surface area contributed by atoms with Crippen LogP contribution in [0.15, 0.2) is 16.6 Å². The monoisotopic (exact) mass is 297 g/mol. The molecule has 2 nitrogen and oxygen atoms in total. The first-order chi connectivity index (χ1) is 7.96. The van der Waals surface area contributed by atoms with Gasteiger partial charge in [-0.15, -0.1) is 0 Å². The number of fused-ring (bicyclic) bond motifs is 1. The smallest absolute Gasteiger partial charge is 0.136 e. The van der Waals surface area contributed by atoms with Gasteiger partial charge in [0.05, 0.1) is 11.1 Å². The highest BCUT2D eigenvalue weighted by molar-refractivity contribution is 9.10. The predicted octanol–water partition coefficient (Wildman–Crippen LogP) is 3.44. The molecule has 94 valence electrons. The predicted molar refractivity (Wildman–Crippen MR) is 74.5 cm³/mol. The molecule has 0 spiro atoms. The molecule has 1 aromatic carbocycles. The molecule has 1 aliphatic rings. The van der Waals surface area contributed by atoms with E-state index in [-0.39, 0.29) is 5.54 Å². The highest BCUT2D eigenvalue weighted by Gasteiger charge is 2.17. The van der Waals surface area contributed by atoms with E-state index in [4.69, 9.17) is 10.5 Å². The van der Waals surface area contributed by atoms with Crippen LogP contribution < -0.4 is 10.5 Å². The number of halogens is 1. The Balaban J connectivity index is 2.32. The van der Waals surface area contributed by atoms with Gasteiger partial charge in [0.2, 0.25) is 0 Å². The molecule has 0 saturated carbocycles. The second kappa shape index (κ2) is 4.99. The van der Waals surface area contributed by atoms with Gasteiger partial charge in [0, 0.05) is 5.54 Å². The molecular formula is C14H20BrNO. The molecule has 0 bridgehead atoms. The van der Waals surface area contributed by atoms with Crippen molar-refractivity contribution in [2.24, 2.45) is 5.73 Å². The largest absolute Gasteiger partial charge is 0.492 e. The highest BCUT2D eigenvalue weighted by atomic mass is 79.9. The molecule has 1 aliphatic heterocycles. The molecule has 0 fully saturated rings. The minimum absolute atomic E-state index is 0.167. The lowest BCUT2D eigenvalue weighted by molar-refractivity contribution is 0.315. The minimum Gasteiger partial charge on any atom is -0.492 e. The number of rotatable bonds is 2. The zero-order valence-electron chi connectivity index (χ0n) is 10.6. The zero-order chi connectivity index (χ0) is 12.5. The summed E-state index contributed by atoms with van der Waals surface area (Å²) in [5, 5.41) is 0. The summed E-state index contributed by atoms with van der Waals surface area (Å²) in [6.45, 7) is 4.94. The van der Waals surface area contributed by atoms with Crippen LogP contribution in [0.3, 0.4) is 0 Å². The Morgan fingerprint density at radius 1 is 1.35 bits per heavy atom. The fourth-order valence-corrected chi connectivity index (χ4v) is 2.94. The Kier molecular flexibility index (Phi) is 3.79. The lowest BCUT2D eigenvalue weighted by Crippen LogP contribution is -2.34. The fraction of sp³-hybridized carbons (Fsp3) is 0.571. The van der Waals surface area contributed by atoms with E-state index in [0.717, 1.165) is 36.1 Å². The Bertz CT molecular complexity index is 409. The maximum Gasteiger partial charge on any atom is 0.136 e. The Morgan fingerprint density at radius 2 is 2.12 bits per heavy atom. The SMILES string of the molecule is CC(C)(N)Cc1cc(Br)c2c(c1)CCCCO2. The molecule has 2 N–H and O–H groups in total. The van der Waals surface area contributed by atoms with Gasteiger partial charge in [-0.25, -0.2) is 0 Å². The first-order valence-corrected chi connectivity index (χ1v) is 6.98. The maximum absolute atomic E-state index is 6.08. The van der Waals surface area contributed by atoms with E-state index in [9.17, 15) is 0 Å². The van der Waals surface area contributed by atoms with E-state index < -0.39 is 0 Å². The molecule has 0 unspecified atom stereocenters. The van der Waals surface area contributed by atoms with Crippen LogP contribution in [0.1, 0.15) is 37.8 Å². The summed E-state index contributed by atoms with van der Waals surface area (Å²) in [5.74, 6) is 1.03. The first kappa shape index (κ1) is 12.9. The van der Waals surface area contributed by atoms with Crippen LogP contribution in [-0.2, 0) is 12.8 Å². The Morgan fingerprint density at radius 3 is 2.82 bits per heavy atom. The molecule has 1 heterocycles. The van der Waals surface area contributed by atoms with Crippen molar-refractivity contribution in [3.05, 3.63) is 27.7 Å². The molecule has 0 aromatic heterocycles. The van der Waals surface area contributed by atoms with Crippen molar-refractivity contribution >= 4 is 15.9 Å². The third kappa shape index (κ3) is 3.46. The average Bonchev–Trinajstić information content (AvgIpc) is 2.40. The summed E-state index contributed by atoms with van der Waals surface area (Å²) in [4.78, 5) is 0. The average molecular weight is 298 g/mol. The van der Waals surface area contributed by atoms with Gasteiger partial charge in [0.25, 0.3) is 0 Å². The molecule has 17 heavy (non-hydrogen) atoms. The molecular weight excluding hydrogens is 278 g/mol. The van der Waals surface area contributed by atoms with Crippen molar-refractivity contribution in [3.8, 4) is 5.75 Å². The number of nitrogens with two attached hydrogens (primary N) is 1. The number of hydrogen-bond acceptors (Lipinski definition) is 2. The van der Waals surface area contributed by atoms with Gasteiger partial charge in [-0.3, -0.25) is 0 Å². The summed E-state index contributed by atoms with van der Waals surface area (Å²) in [5.41, 5.74) is 8.51. The fourth-order valence-electron chi connectivity index (χ4n) is 2.28. The number of hydrogen-bond donors (Lipinski definition) is 1. The molecule has 0 aliphatic carbocycles. The van der Waals surface area contributed by atoms with Gasteiger partial charge in [0.1, 0.15) is 5.75 Å². The maximum atomic E-state index is 6.08. The summed E-state index contributed by atoms with van der Waals surface area (Å²) >= 11 is 3.61. The van der Waals surface area contributed by atoms with Gasteiger partial charge in [0.15, 0.2) is 0 Å². The Labute approximate surface area is 112 Å². The van der Waals surface area contributed by atoms with Gasteiger partial charge >= 0.3 is 0 Å². The summed E-state index contributed by atoms with van der Waals surface area (Å²) in [7, 11) is 0. The molecule has 0 atom stereocenters. The van der Waals surface area contributed by atoms with E-state index in [1.807, 2.05) is 0 Å². The lowest BCUT2D eigenvalue weighted by Gasteiger charge is -2.20. The van der Waals surface area contributed by atoms with Crippen LogP contribution in [-0.4, -0.2) is 12.1 Å². The minimum atomic E-state index is -0.167. The van der Waals surface area contributed by atoms with Crippen LogP contribution in [0.25, 0.3) is 0 Å². The van der Waals surface area contributed by atoms with Crippen molar-refractivity contribution in [1.82, 2.24) is 0 Å². The summed E-state index contributed by atoms with van der Waals surface area (Å²) in [6.07, 6.45) is 4.33. The summed E-state index contributed by atoms with van der Waals surface area (Å²) in [6, 6.07) is 4.39. The molecule has 0 radical (unpaired) electrons. The van der Waals surface area contributed by atoms with Gasteiger partial charge < -0.3 is 10.5 Å². The summed E-state index contributed by atoms with van der Waals surface area (Å²) < 4.78 is 6.85. The standard InChI is InChI=1S/C14H20BrNO/c1-14(2,16)9-10-7-11-5-3-4-6-17-13(11)12(15)8-10/h7-8H,3-6,9,16H2,1-2H3. The van der Waals surface area contributed by atoms with E-state index >= 15 is 0 Å². The third-order valence-corrected chi connectivity index (χ3v) is 3.52. The highest BCUT2D eigenvalue weighted by Crippen LogP contribution is 2.34. The Hall–Kier alpha value is -0.540. The second-order valence-corrected chi connectivity index (χ2v) is 6.39. The normalized spacial score (nSPS) is 16.0.